The topological polar surface area (TPSA) is 94.2 Å². The van der Waals surface area contributed by atoms with E-state index in [4.69, 9.17) is 25.8 Å². The van der Waals surface area contributed by atoms with Crippen LogP contribution in [0.3, 0.4) is 0 Å². The van der Waals surface area contributed by atoms with E-state index < -0.39 is 17.8 Å². The molecule has 0 aromatic heterocycles. The van der Waals surface area contributed by atoms with Crippen LogP contribution in [0.25, 0.3) is 6.08 Å². The number of nitrogens with one attached hydrogen (secondary N) is 1. The maximum absolute atomic E-state index is 13.2. The first-order valence-corrected chi connectivity index (χ1v) is 12.4. The lowest BCUT2D eigenvalue weighted by Crippen LogP contribution is -2.54. The normalized spacial score (nSPS) is 14.5. The molecule has 4 amide bonds. The molecule has 1 aliphatic heterocycles. The molecule has 196 valence electrons. The van der Waals surface area contributed by atoms with Crippen LogP contribution in [0.15, 0.2) is 66.2 Å². The molecule has 0 unspecified atom stereocenters. The minimum atomic E-state index is -0.814. The molecule has 1 aliphatic rings. The van der Waals surface area contributed by atoms with E-state index in [1.165, 1.54) is 6.08 Å². The zero-order chi connectivity index (χ0) is 27.2. The van der Waals surface area contributed by atoms with Crippen molar-refractivity contribution in [2.45, 2.75) is 20.8 Å². The van der Waals surface area contributed by atoms with Gasteiger partial charge < -0.3 is 14.2 Å². The second-order valence-corrected chi connectivity index (χ2v) is 8.97. The van der Waals surface area contributed by atoms with Gasteiger partial charge in [0.2, 0.25) is 0 Å². The first kappa shape index (κ1) is 26.8. The number of hydrogen-bond acceptors (Lipinski definition) is 6. The Kier molecular flexibility index (Phi) is 8.33. The fraction of sp³-hybridized carbons (Fsp3) is 0.207. The van der Waals surface area contributed by atoms with Gasteiger partial charge in [0.1, 0.15) is 24.5 Å². The Bertz CT molecular complexity index is 1380. The second kappa shape index (κ2) is 11.8. The number of carbonyl (C=O) groups excluding carboxylic acids is 3. The summed E-state index contributed by atoms with van der Waals surface area (Å²) >= 11 is 6.51. The van der Waals surface area contributed by atoms with E-state index >= 15 is 0 Å². The standard InChI is InChI=1S/C29H27ClN2O6/c1-4-36-25-17-20(16-24(30)26(25)38-14-13-37-22-11-7-19(3)8-12-22)15-23-27(33)31-29(35)32(28(23)34)21-9-5-18(2)6-10-21/h5-12,15-17H,4,13-14H2,1-3H3,(H,31,33,35)/b23-15-. The average Bonchev–Trinajstić information content (AvgIpc) is 2.88. The average molecular weight is 535 g/mol. The smallest absolute Gasteiger partial charge is 0.335 e. The summed E-state index contributed by atoms with van der Waals surface area (Å²) in [7, 11) is 0. The van der Waals surface area contributed by atoms with Gasteiger partial charge in [0.05, 0.1) is 17.3 Å². The SMILES string of the molecule is CCOc1cc(/C=C2/C(=O)NC(=O)N(c3ccc(C)cc3)C2=O)cc(Cl)c1OCCOc1ccc(C)cc1. The summed E-state index contributed by atoms with van der Waals surface area (Å²) in [6.07, 6.45) is 1.37. The van der Waals surface area contributed by atoms with Gasteiger partial charge in [-0.2, -0.15) is 0 Å². The van der Waals surface area contributed by atoms with E-state index in [-0.39, 0.29) is 23.8 Å². The van der Waals surface area contributed by atoms with Crippen molar-refractivity contribution in [2.24, 2.45) is 0 Å². The third kappa shape index (κ3) is 6.15. The molecule has 38 heavy (non-hydrogen) atoms. The number of imide groups is 2. The predicted molar refractivity (Wildman–Crippen MR) is 145 cm³/mol. The lowest BCUT2D eigenvalue weighted by Gasteiger charge is -2.26. The number of benzene rings is 3. The predicted octanol–water partition coefficient (Wildman–Crippen LogP) is 5.48. The number of hydrogen-bond donors (Lipinski definition) is 1. The Hall–Kier alpha value is -4.30. The number of anilines is 1. The lowest BCUT2D eigenvalue weighted by atomic mass is 10.1. The maximum Gasteiger partial charge on any atom is 0.335 e. The molecule has 1 saturated heterocycles. The monoisotopic (exact) mass is 534 g/mol. The van der Waals surface area contributed by atoms with Gasteiger partial charge in [-0.15, -0.1) is 0 Å². The number of halogens is 1. The Balaban J connectivity index is 1.54. The van der Waals surface area contributed by atoms with Crippen LogP contribution in [0.1, 0.15) is 23.6 Å². The molecule has 3 aromatic carbocycles. The first-order valence-electron chi connectivity index (χ1n) is 12.0. The van der Waals surface area contributed by atoms with Crippen LogP contribution in [0.4, 0.5) is 10.5 Å². The highest BCUT2D eigenvalue weighted by atomic mass is 35.5. The van der Waals surface area contributed by atoms with Gasteiger partial charge in [-0.1, -0.05) is 47.0 Å². The van der Waals surface area contributed by atoms with Gasteiger partial charge >= 0.3 is 6.03 Å². The summed E-state index contributed by atoms with van der Waals surface area (Å²) in [4.78, 5) is 39.1. The Morgan fingerprint density at radius 1 is 0.868 bits per heavy atom. The highest BCUT2D eigenvalue weighted by Crippen LogP contribution is 2.37. The highest BCUT2D eigenvalue weighted by Gasteiger charge is 2.36. The third-order valence-electron chi connectivity index (χ3n) is 5.66. The van der Waals surface area contributed by atoms with Crippen LogP contribution in [0.2, 0.25) is 5.02 Å². The molecule has 0 atom stereocenters. The molecular weight excluding hydrogens is 508 g/mol. The van der Waals surface area contributed by atoms with E-state index in [1.54, 1.807) is 36.4 Å². The van der Waals surface area contributed by atoms with Gasteiger partial charge in [-0.05, 0) is 68.8 Å². The molecule has 3 aromatic rings. The van der Waals surface area contributed by atoms with Crippen LogP contribution in [-0.2, 0) is 9.59 Å². The second-order valence-electron chi connectivity index (χ2n) is 8.57. The molecule has 4 rings (SSSR count). The molecule has 0 aliphatic carbocycles. The van der Waals surface area contributed by atoms with E-state index in [0.29, 0.717) is 29.4 Å². The van der Waals surface area contributed by atoms with Crippen LogP contribution in [-0.4, -0.2) is 37.7 Å². The summed E-state index contributed by atoms with van der Waals surface area (Å²) in [5, 5.41) is 2.45. The summed E-state index contributed by atoms with van der Waals surface area (Å²) in [6.45, 7) is 6.53. The zero-order valence-corrected chi connectivity index (χ0v) is 22.0. The van der Waals surface area contributed by atoms with E-state index in [9.17, 15) is 14.4 Å². The number of carbonyl (C=O) groups is 3. The number of urea groups is 1. The van der Waals surface area contributed by atoms with Crippen LogP contribution < -0.4 is 24.4 Å². The van der Waals surface area contributed by atoms with Crippen molar-refractivity contribution in [3.63, 3.8) is 0 Å². The Morgan fingerprint density at radius 3 is 2.16 bits per heavy atom. The van der Waals surface area contributed by atoms with Gasteiger partial charge in [0, 0.05) is 0 Å². The van der Waals surface area contributed by atoms with Crippen LogP contribution in [0.5, 0.6) is 17.2 Å². The minimum Gasteiger partial charge on any atom is -0.490 e. The van der Waals surface area contributed by atoms with Crippen LogP contribution in [0, 0.1) is 13.8 Å². The Labute approximate surface area is 225 Å². The molecule has 9 heteroatoms. The molecule has 0 saturated carbocycles. The fourth-order valence-electron chi connectivity index (χ4n) is 3.76. The molecule has 8 nitrogen and oxygen atoms in total. The van der Waals surface area contributed by atoms with E-state index in [2.05, 4.69) is 5.32 Å². The van der Waals surface area contributed by atoms with Crippen molar-refractivity contribution in [1.29, 1.82) is 0 Å². The number of nitrogens with zero attached hydrogens (tertiary/aromatic N) is 1. The van der Waals surface area contributed by atoms with Crippen molar-refractivity contribution >= 4 is 41.2 Å². The summed E-state index contributed by atoms with van der Waals surface area (Å²) in [5.41, 5.74) is 2.66. The fourth-order valence-corrected chi connectivity index (χ4v) is 4.04. The summed E-state index contributed by atoms with van der Waals surface area (Å²) < 4.78 is 17.3. The lowest BCUT2D eigenvalue weighted by molar-refractivity contribution is -0.122. The van der Waals surface area contributed by atoms with Gasteiger partial charge in [0.25, 0.3) is 11.8 Å². The molecule has 0 spiro atoms. The van der Waals surface area contributed by atoms with Gasteiger partial charge in [-0.3, -0.25) is 14.9 Å². The number of amides is 4. The maximum atomic E-state index is 13.2. The molecular formula is C29H27ClN2O6. The Morgan fingerprint density at radius 2 is 1.50 bits per heavy atom. The van der Waals surface area contributed by atoms with Crippen LogP contribution >= 0.6 is 11.6 Å². The molecule has 0 bridgehead atoms. The zero-order valence-electron chi connectivity index (χ0n) is 21.2. The summed E-state index contributed by atoms with van der Waals surface area (Å²) in [6, 6.07) is 16.9. The molecule has 0 radical (unpaired) electrons. The number of barbiturate groups is 1. The largest absolute Gasteiger partial charge is 0.490 e. The van der Waals surface area contributed by atoms with Gasteiger partial charge in [-0.25, -0.2) is 9.69 Å². The van der Waals surface area contributed by atoms with Crippen molar-refractivity contribution in [1.82, 2.24) is 5.32 Å². The van der Waals surface area contributed by atoms with Crippen molar-refractivity contribution < 1.29 is 28.6 Å². The third-order valence-corrected chi connectivity index (χ3v) is 5.94. The van der Waals surface area contributed by atoms with E-state index in [1.807, 2.05) is 45.0 Å². The number of ether oxygens (including phenoxy) is 3. The molecule has 1 heterocycles. The van der Waals surface area contributed by atoms with Crippen molar-refractivity contribution in [3.05, 3.63) is 87.9 Å². The van der Waals surface area contributed by atoms with Gasteiger partial charge in [0.15, 0.2) is 11.5 Å². The summed E-state index contributed by atoms with van der Waals surface area (Å²) in [5.74, 6) is -0.154. The number of aryl methyl sites for hydroxylation is 2. The molecule has 1 N–H and O–H groups in total. The highest BCUT2D eigenvalue weighted by molar-refractivity contribution is 6.39. The van der Waals surface area contributed by atoms with E-state index in [0.717, 1.165) is 21.8 Å². The first-order chi connectivity index (χ1) is 18.3. The quantitative estimate of drug-likeness (QED) is 0.222. The van der Waals surface area contributed by atoms with Crippen molar-refractivity contribution in [2.75, 3.05) is 24.7 Å². The number of rotatable bonds is 9. The minimum absolute atomic E-state index is 0.211. The van der Waals surface area contributed by atoms with Crippen molar-refractivity contribution in [3.8, 4) is 17.2 Å². The molecule has 1 fully saturated rings.